The minimum absolute atomic E-state index is 0.00830. The third-order valence-corrected chi connectivity index (χ3v) is 4.88. The van der Waals surface area contributed by atoms with Crippen LogP contribution < -0.4 is 0 Å². The fraction of sp³-hybridized carbons (Fsp3) is 0.174. The summed E-state index contributed by atoms with van der Waals surface area (Å²) in [4.78, 5) is 12.6. The van der Waals surface area contributed by atoms with Gasteiger partial charge in [0.2, 0.25) is 0 Å². The molecule has 0 saturated heterocycles. The summed E-state index contributed by atoms with van der Waals surface area (Å²) in [5.41, 5.74) is 0.701. The Morgan fingerprint density at radius 3 is 2.48 bits per heavy atom. The molecule has 0 N–H and O–H groups in total. The molecule has 31 heavy (non-hydrogen) atoms. The monoisotopic (exact) mass is 429 g/mol. The molecule has 0 fully saturated rings. The van der Waals surface area contributed by atoms with Gasteiger partial charge in [-0.05, 0) is 36.8 Å². The number of pyridine rings is 1. The number of benzene rings is 2. The highest BCUT2D eigenvalue weighted by molar-refractivity contribution is 6.07. The summed E-state index contributed by atoms with van der Waals surface area (Å²) in [6, 6.07) is 10.7. The first-order chi connectivity index (χ1) is 14.7. The lowest BCUT2D eigenvalue weighted by atomic mass is 10.00. The van der Waals surface area contributed by atoms with Crippen molar-refractivity contribution < 1.29 is 22.0 Å². The Morgan fingerprint density at radius 2 is 1.77 bits per heavy atom. The first kappa shape index (κ1) is 20.8. The SMILES string of the molecule is Cc1ccc(-c2ccc(CC3C=NC(c4cccc(F)c4F)=N3)cn2)c(C(F)(F)F)c1. The molecule has 0 spiro atoms. The van der Waals surface area contributed by atoms with E-state index in [9.17, 15) is 22.0 Å². The van der Waals surface area contributed by atoms with Crippen LogP contribution in [-0.4, -0.2) is 23.1 Å². The molecule has 0 radical (unpaired) electrons. The van der Waals surface area contributed by atoms with E-state index in [1.807, 2.05) is 0 Å². The summed E-state index contributed by atoms with van der Waals surface area (Å²) in [6.07, 6.45) is -1.11. The average molecular weight is 429 g/mol. The van der Waals surface area contributed by atoms with E-state index >= 15 is 0 Å². The third kappa shape index (κ3) is 4.38. The Hall–Kier alpha value is -3.42. The normalized spacial score (nSPS) is 15.9. The summed E-state index contributed by atoms with van der Waals surface area (Å²) in [5.74, 6) is -1.89. The van der Waals surface area contributed by atoms with Gasteiger partial charge in [-0.2, -0.15) is 13.2 Å². The standard InChI is InChI=1S/C23H16F5N3/c1-13-5-7-16(18(9-13)23(26,27)28)20-8-6-14(11-29-20)10-15-12-30-22(31-15)17-3-2-4-19(24)21(17)25/h2-9,11-12,15H,10H2,1H3. The maximum atomic E-state index is 13.9. The predicted octanol–water partition coefficient (Wildman–Crippen LogP) is 5.80. The van der Waals surface area contributed by atoms with Crippen molar-refractivity contribution in [1.29, 1.82) is 0 Å². The highest BCUT2D eigenvalue weighted by Crippen LogP contribution is 2.37. The van der Waals surface area contributed by atoms with Crippen molar-refractivity contribution in [3.8, 4) is 11.3 Å². The van der Waals surface area contributed by atoms with Crippen LogP contribution in [0.2, 0.25) is 0 Å². The van der Waals surface area contributed by atoms with Crippen LogP contribution in [0.5, 0.6) is 0 Å². The molecule has 0 saturated carbocycles. The highest BCUT2D eigenvalue weighted by atomic mass is 19.4. The van der Waals surface area contributed by atoms with Crippen LogP contribution >= 0.6 is 0 Å². The second kappa shape index (κ2) is 8.02. The Morgan fingerprint density at radius 1 is 0.968 bits per heavy atom. The number of amidine groups is 1. The van der Waals surface area contributed by atoms with Crippen LogP contribution in [0.25, 0.3) is 11.3 Å². The fourth-order valence-electron chi connectivity index (χ4n) is 3.36. The summed E-state index contributed by atoms with van der Waals surface area (Å²) in [6.45, 7) is 1.60. The first-order valence-electron chi connectivity index (χ1n) is 9.42. The Bertz CT molecular complexity index is 1180. The van der Waals surface area contributed by atoms with Gasteiger partial charge in [-0.15, -0.1) is 0 Å². The number of aliphatic imine (C=N–C) groups is 2. The van der Waals surface area contributed by atoms with Crippen LogP contribution in [0.4, 0.5) is 22.0 Å². The molecule has 8 heteroatoms. The van der Waals surface area contributed by atoms with Gasteiger partial charge in [-0.3, -0.25) is 9.98 Å². The molecule has 4 rings (SSSR count). The molecular weight excluding hydrogens is 413 g/mol. The van der Waals surface area contributed by atoms with E-state index in [1.54, 1.807) is 19.1 Å². The number of aryl methyl sites for hydroxylation is 1. The predicted molar refractivity (Wildman–Crippen MR) is 108 cm³/mol. The van der Waals surface area contributed by atoms with Crippen molar-refractivity contribution in [3.63, 3.8) is 0 Å². The Labute approximate surface area is 175 Å². The second-order valence-corrected chi connectivity index (χ2v) is 7.20. The average Bonchev–Trinajstić information content (AvgIpc) is 3.18. The molecule has 1 aliphatic rings. The van der Waals surface area contributed by atoms with Crippen LogP contribution in [0, 0.1) is 18.6 Å². The minimum atomic E-state index is -4.49. The van der Waals surface area contributed by atoms with Gasteiger partial charge in [0.1, 0.15) is 0 Å². The van der Waals surface area contributed by atoms with Gasteiger partial charge in [0.15, 0.2) is 17.5 Å². The summed E-state index contributed by atoms with van der Waals surface area (Å²) >= 11 is 0. The topological polar surface area (TPSA) is 37.6 Å². The molecule has 2 heterocycles. The van der Waals surface area contributed by atoms with E-state index in [0.29, 0.717) is 12.0 Å². The lowest BCUT2D eigenvalue weighted by molar-refractivity contribution is -0.137. The van der Waals surface area contributed by atoms with Crippen molar-refractivity contribution in [1.82, 2.24) is 4.98 Å². The number of nitrogens with zero attached hydrogens (tertiary/aromatic N) is 3. The van der Waals surface area contributed by atoms with Gasteiger partial charge in [0.05, 0.1) is 22.9 Å². The number of alkyl halides is 3. The molecule has 1 aliphatic heterocycles. The van der Waals surface area contributed by atoms with Crippen molar-refractivity contribution in [2.75, 3.05) is 0 Å². The lowest BCUT2D eigenvalue weighted by Gasteiger charge is -2.14. The molecule has 0 aliphatic carbocycles. The molecule has 1 atom stereocenters. The van der Waals surface area contributed by atoms with Crippen molar-refractivity contribution in [2.24, 2.45) is 9.98 Å². The summed E-state index contributed by atoms with van der Waals surface area (Å²) in [5, 5.41) is 0. The van der Waals surface area contributed by atoms with Crippen molar-refractivity contribution >= 4 is 12.1 Å². The van der Waals surface area contributed by atoms with E-state index in [0.717, 1.165) is 17.7 Å². The number of hydrogen-bond donors (Lipinski definition) is 0. The quantitative estimate of drug-likeness (QED) is 0.484. The van der Waals surface area contributed by atoms with Gasteiger partial charge in [-0.25, -0.2) is 13.8 Å². The zero-order chi connectivity index (χ0) is 22.2. The zero-order valence-electron chi connectivity index (χ0n) is 16.3. The Balaban J connectivity index is 1.54. The summed E-state index contributed by atoms with van der Waals surface area (Å²) in [7, 11) is 0. The van der Waals surface area contributed by atoms with E-state index in [4.69, 9.17) is 0 Å². The van der Waals surface area contributed by atoms with E-state index in [2.05, 4.69) is 15.0 Å². The molecule has 2 aromatic carbocycles. The molecule has 1 aromatic heterocycles. The number of hydrogen-bond acceptors (Lipinski definition) is 3. The zero-order valence-corrected chi connectivity index (χ0v) is 16.3. The third-order valence-electron chi connectivity index (χ3n) is 4.88. The van der Waals surface area contributed by atoms with Gasteiger partial charge in [-0.1, -0.05) is 29.8 Å². The Kier molecular flexibility index (Phi) is 5.39. The van der Waals surface area contributed by atoms with Crippen LogP contribution in [0.1, 0.15) is 22.3 Å². The fourth-order valence-corrected chi connectivity index (χ4v) is 3.36. The van der Waals surface area contributed by atoms with Gasteiger partial charge >= 0.3 is 6.18 Å². The minimum Gasteiger partial charge on any atom is -0.257 e. The van der Waals surface area contributed by atoms with E-state index < -0.39 is 29.4 Å². The maximum Gasteiger partial charge on any atom is 0.417 e. The van der Waals surface area contributed by atoms with Crippen LogP contribution in [0.3, 0.4) is 0 Å². The molecule has 1 unspecified atom stereocenters. The van der Waals surface area contributed by atoms with Gasteiger partial charge in [0, 0.05) is 24.4 Å². The molecular formula is C23H16F5N3. The molecule has 3 nitrogen and oxygen atoms in total. The molecule has 158 valence electrons. The highest BCUT2D eigenvalue weighted by Gasteiger charge is 2.34. The van der Waals surface area contributed by atoms with E-state index in [-0.39, 0.29) is 22.7 Å². The van der Waals surface area contributed by atoms with E-state index in [1.165, 1.54) is 36.7 Å². The number of aromatic nitrogens is 1. The number of rotatable bonds is 4. The number of halogens is 5. The molecule has 0 bridgehead atoms. The second-order valence-electron chi connectivity index (χ2n) is 7.20. The van der Waals surface area contributed by atoms with Crippen molar-refractivity contribution in [3.05, 3.63) is 88.6 Å². The van der Waals surface area contributed by atoms with Crippen LogP contribution in [0.15, 0.2) is 64.7 Å². The molecule has 0 amide bonds. The van der Waals surface area contributed by atoms with Gasteiger partial charge in [0.25, 0.3) is 0 Å². The largest absolute Gasteiger partial charge is 0.417 e. The molecule has 3 aromatic rings. The van der Waals surface area contributed by atoms with Crippen LogP contribution in [-0.2, 0) is 12.6 Å². The maximum absolute atomic E-state index is 13.9. The van der Waals surface area contributed by atoms with Gasteiger partial charge < -0.3 is 0 Å². The lowest BCUT2D eigenvalue weighted by Crippen LogP contribution is -2.09. The van der Waals surface area contributed by atoms with Crippen molar-refractivity contribution in [2.45, 2.75) is 25.6 Å². The summed E-state index contributed by atoms with van der Waals surface area (Å²) < 4.78 is 67.5. The smallest absolute Gasteiger partial charge is 0.257 e. The first-order valence-corrected chi connectivity index (χ1v) is 9.42.